The van der Waals surface area contributed by atoms with Crippen molar-refractivity contribution in [3.05, 3.63) is 97.2 Å². The van der Waals surface area contributed by atoms with Crippen molar-refractivity contribution in [1.29, 1.82) is 0 Å². The Morgan fingerprint density at radius 1 is 0.309 bits per heavy atom. The number of hydrogen-bond acceptors (Lipinski definition) is 6. The molecule has 0 rings (SSSR count). The highest BCUT2D eigenvalue weighted by atomic mass is 16.6. The minimum Gasteiger partial charge on any atom is -0.462 e. The lowest BCUT2D eigenvalue weighted by atomic mass is 10.0. The zero-order valence-electron chi connectivity index (χ0n) is 44.3. The van der Waals surface area contributed by atoms with Crippen LogP contribution in [0.25, 0.3) is 0 Å². The standard InChI is InChI=1S/C62H104O6/c1-4-7-10-13-16-19-21-23-24-25-26-27-28-29-30-31-32-33-34-35-36-37-38-40-41-43-46-49-52-55-61(64)67-58-59(57-66-60(63)54-51-48-45-18-15-12-9-6-3)68-62(65)56-53-50-47-44-42-39-22-20-17-14-11-8-5-2/h7-8,10-11,16-17,19-20,23-24,26-27,29-30,39,42,59H,4-6,9,12-15,18,21-22,25,28,31-38,40-41,43-58H2,1-3H3/b10-7-,11-8-,19-16-,20-17-,24-23-,27-26-,30-29-,42-39-. The number of carbonyl (C=O) groups is 3. The molecule has 0 aromatic rings. The number of esters is 3. The predicted octanol–water partition coefficient (Wildman–Crippen LogP) is 18.9. The van der Waals surface area contributed by atoms with Gasteiger partial charge in [0, 0.05) is 19.3 Å². The zero-order chi connectivity index (χ0) is 49.3. The van der Waals surface area contributed by atoms with Crippen molar-refractivity contribution in [1.82, 2.24) is 0 Å². The van der Waals surface area contributed by atoms with Gasteiger partial charge in [0.2, 0.25) is 0 Å². The fourth-order valence-corrected chi connectivity index (χ4v) is 7.66. The second kappa shape index (κ2) is 55.9. The molecular formula is C62H104O6. The van der Waals surface area contributed by atoms with Crippen LogP contribution in [0.2, 0.25) is 0 Å². The zero-order valence-corrected chi connectivity index (χ0v) is 44.3. The van der Waals surface area contributed by atoms with E-state index in [0.717, 1.165) is 116 Å². The number of allylic oxidation sites excluding steroid dienone is 16. The molecule has 1 atom stereocenters. The number of rotatable bonds is 50. The van der Waals surface area contributed by atoms with Gasteiger partial charge in [0.1, 0.15) is 13.2 Å². The molecule has 6 nitrogen and oxygen atoms in total. The van der Waals surface area contributed by atoms with E-state index in [1.165, 1.54) is 103 Å². The fourth-order valence-electron chi connectivity index (χ4n) is 7.66. The Kier molecular flexibility index (Phi) is 52.9. The Morgan fingerprint density at radius 3 is 0.912 bits per heavy atom. The molecule has 68 heavy (non-hydrogen) atoms. The van der Waals surface area contributed by atoms with Crippen molar-refractivity contribution in [2.24, 2.45) is 0 Å². The van der Waals surface area contributed by atoms with Crippen LogP contribution in [0, 0.1) is 0 Å². The quantitative estimate of drug-likeness (QED) is 0.0262. The van der Waals surface area contributed by atoms with Crippen molar-refractivity contribution in [3.63, 3.8) is 0 Å². The molecule has 0 aliphatic rings. The molecule has 0 heterocycles. The molecule has 0 radical (unpaired) electrons. The van der Waals surface area contributed by atoms with Crippen LogP contribution in [-0.2, 0) is 28.6 Å². The largest absolute Gasteiger partial charge is 0.462 e. The third kappa shape index (κ3) is 53.3. The van der Waals surface area contributed by atoms with Gasteiger partial charge in [-0.15, -0.1) is 0 Å². The van der Waals surface area contributed by atoms with E-state index in [-0.39, 0.29) is 31.1 Å². The highest BCUT2D eigenvalue weighted by Gasteiger charge is 2.19. The Morgan fingerprint density at radius 2 is 0.574 bits per heavy atom. The van der Waals surface area contributed by atoms with Crippen LogP contribution in [0.1, 0.15) is 258 Å². The molecule has 0 N–H and O–H groups in total. The summed E-state index contributed by atoms with van der Waals surface area (Å²) in [4.78, 5) is 37.9. The summed E-state index contributed by atoms with van der Waals surface area (Å²) in [6, 6.07) is 0. The molecule has 1 unspecified atom stereocenters. The number of unbranched alkanes of at least 4 members (excludes halogenated alkanes) is 23. The van der Waals surface area contributed by atoms with Crippen LogP contribution in [0.15, 0.2) is 97.2 Å². The fraction of sp³-hybridized carbons (Fsp3) is 0.694. The summed E-state index contributed by atoms with van der Waals surface area (Å²) < 4.78 is 16.7. The maximum absolute atomic E-state index is 12.8. The first kappa shape index (κ1) is 64.3. The molecule has 6 heteroatoms. The third-order valence-electron chi connectivity index (χ3n) is 11.8. The molecule has 0 aromatic carbocycles. The molecule has 0 aliphatic heterocycles. The molecule has 0 fully saturated rings. The summed E-state index contributed by atoms with van der Waals surface area (Å²) in [6.45, 7) is 6.35. The van der Waals surface area contributed by atoms with Crippen molar-refractivity contribution >= 4 is 17.9 Å². The second-order valence-corrected chi connectivity index (χ2v) is 18.4. The van der Waals surface area contributed by atoms with Gasteiger partial charge in [-0.2, -0.15) is 0 Å². The lowest BCUT2D eigenvalue weighted by molar-refractivity contribution is -0.167. The van der Waals surface area contributed by atoms with Gasteiger partial charge >= 0.3 is 17.9 Å². The number of carbonyl (C=O) groups excluding carboxylic acids is 3. The molecule has 0 bridgehead atoms. The van der Waals surface area contributed by atoms with Gasteiger partial charge in [-0.3, -0.25) is 14.4 Å². The van der Waals surface area contributed by atoms with Gasteiger partial charge in [-0.05, 0) is 96.3 Å². The lowest BCUT2D eigenvalue weighted by Gasteiger charge is -2.18. The van der Waals surface area contributed by atoms with Gasteiger partial charge < -0.3 is 14.2 Å². The maximum Gasteiger partial charge on any atom is 0.306 e. The van der Waals surface area contributed by atoms with Crippen LogP contribution in [0.5, 0.6) is 0 Å². The normalized spacial score (nSPS) is 12.8. The molecule has 0 aliphatic carbocycles. The molecule has 0 saturated carbocycles. The molecule has 0 spiro atoms. The minimum absolute atomic E-state index is 0.0879. The first-order chi connectivity index (χ1) is 33.5. The SMILES string of the molecule is CC/C=C\C/C=C\C/C=C\C/C=C\C/C=C\CCCCCCCCCCCCCCCC(=O)OCC(COC(=O)CCCCCCCCCC)OC(=O)CCCCC/C=C\C/C=C\C/C=C\CC. The van der Waals surface area contributed by atoms with E-state index in [2.05, 4.69) is 118 Å². The first-order valence-electron chi connectivity index (χ1n) is 28.2. The minimum atomic E-state index is -0.789. The molecule has 0 amide bonds. The van der Waals surface area contributed by atoms with Crippen molar-refractivity contribution in [3.8, 4) is 0 Å². The molecule has 0 saturated heterocycles. The van der Waals surface area contributed by atoms with Crippen molar-refractivity contribution < 1.29 is 28.6 Å². The molecule has 388 valence electrons. The van der Waals surface area contributed by atoms with Gasteiger partial charge in [0.15, 0.2) is 6.10 Å². The highest BCUT2D eigenvalue weighted by Crippen LogP contribution is 2.15. The summed E-state index contributed by atoms with van der Waals surface area (Å²) >= 11 is 0. The summed E-state index contributed by atoms with van der Waals surface area (Å²) in [6.07, 6.45) is 74.3. The van der Waals surface area contributed by atoms with E-state index in [4.69, 9.17) is 14.2 Å². The molecular weight excluding hydrogens is 841 g/mol. The van der Waals surface area contributed by atoms with E-state index >= 15 is 0 Å². The summed E-state index contributed by atoms with van der Waals surface area (Å²) in [5.41, 5.74) is 0. The Hall–Kier alpha value is -3.67. The van der Waals surface area contributed by atoms with E-state index in [9.17, 15) is 14.4 Å². The summed E-state index contributed by atoms with van der Waals surface area (Å²) in [7, 11) is 0. The first-order valence-corrected chi connectivity index (χ1v) is 28.2. The smallest absolute Gasteiger partial charge is 0.306 e. The second-order valence-electron chi connectivity index (χ2n) is 18.4. The van der Waals surface area contributed by atoms with Crippen LogP contribution in [0.4, 0.5) is 0 Å². The number of ether oxygens (including phenoxy) is 3. The van der Waals surface area contributed by atoms with Crippen LogP contribution < -0.4 is 0 Å². The van der Waals surface area contributed by atoms with E-state index < -0.39 is 6.10 Å². The topological polar surface area (TPSA) is 78.9 Å². The Balaban J connectivity index is 4.14. The summed E-state index contributed by atoms with van der Waals surface area (Å²) in [5, 5.41) is 0. The van der Waals surface area contributed by atoms with E-state index in [1.54, 1.807) is 0 Å². The average Bonchev–Trinajstić information content (AvgIpc) is 3.34. The van der Waals surface area contributed by atoms with Crippen molar-refractivity contribution in [2.75, 3.05) is 13.2 Å². The third-order valence-corrected chi connectivity index (χ3v) is 11.8. The summed E-state index contributed by atoms with van der Waals surface area (Å²) in [5.74, 6) is -0.922. The van der Waals surface area contributed by atoms with Gasteiger partial charge in [-0.1, -0.05) is 240 Å². The predicted molar refractivity (Wildman–Crippen MR) is 293 cm³/mol. The van der Waals surface area contributed by atoms with Crippen molar-refractivity contribution in [2.45, 2.75) is 264 Å². The van der Waals surface area contributed by atoms with Gasteiger partial charge in [0.25, 0.3) is 0 Å². The van der Waals surface area contributed by atoms with Gasteiger partial charge in [0.05, 0.1) is 0 Å². The monoisotopic (exact) mass is 945 g/mol. The maximum atomic E-state index is 12.8. The van der Waals surface area contributed by atoms with Crippen LogP contribution in [0.3, 0.4) is 0 Å². The molecule has 0 aromatic heterocycles. The highest BCUT2D eigenvalue weighted by molar-refractivity contribution is 5.71. The van der Waals surface area contributed by atoms with Crippen LogP contribution in [-0.4, -0.2) is 37.2 Å². The Bertz CT molecular complexity index is 1360. The van der Waals surface area contributed by atoms with Crippen LogP contribution >= 0.6 is 0 Å². The van der Waals surface area contributed by atoms with Gasteiger partial charge in [-0.25, -0.2) is 0 Å². The van der Waals surface area contributed by atoms with E-state index in [1.807, 2.05) is 0 Å². The lowest BCUT2D eigenvalue weighted by Crippen LogP contribution is -2.30. The Labute approximate surface area is 419 Å². The number of hydrogen-bond donors (Lipinski definition) is 0. The van der Waals surface area contributed by atoms with E-state index in [0.29, 0.717) is 19.3 Å². The average molecular weight is 946 g/mol.